The number of aromatic nitrogens is 2. The molecule has 1 aromatic carbocycles. The summed E-state index contributed by atoms with van der Waals surface area (Å²) in [4.78, 5) is 19.4. The van der Waals surface area contributed by atoms with Crippen molar-refractivity contribution in [2.75, 3.05) is 17.1 Å². The number of rotatable bonds is 6. The Balaban J connectivity index is 1.72. The molecule has 1 saturated carbocycles. The number of anilines is 2. The molecule has 0 saturated heterocycles. The van der Waals surface area contributed by atoms with Crippen molar-refractivity contribution in [3.63, 3.8) is 0 Å². The minimum Gasteiger partial charge on any atom is -0.481 e. The molecule has 126 valence electrons. The van der Waals surface area contributed by atoms with Crippen LogP contribution in [0.2, 0.25) is 0 Å². The van der Waals surface area contributed by atoms with Crippen molar-refractivity contribution in [1.82, 2.24) is 9.97 Å². The third-order valence-electron chi connectivity index (χ3n) is 3.47. The highest BCUT2D eigenvalue weighted by Gasteiger charge is 2.29. The first-order valence-electron chi connectivity index (χ1n) is 7.28. The summed E-state index contributed by atoms with van der Waals surface area (Å²) in [5, 5.41) is 2.76. The third kappa shape index (κ3) is 3.80. The van der Waals surface area contributed by atoms with Gasteiger partial charge in [0.15, 0.2) is 0 Å². The van der Waals surface area contributed by atoms with E-state index in [1.165, 1.54) is 31.6 Å². The Morgan fingerprint density at radius 2 is 1.92 bits per heavy atom. The average molecular weight is 348 g/mol. The zero-order valence-corrected chi connectivity index (χ0v) is 13.7. The standard InChI is InChI=1S/C15H16N4O4S/c1-23-14-8-13(16-9-17-14)19-24(21,22)12-6-4-11(5-7-12)18-15(20)10-2-3-10/h4-10H,2-3H2,1H3,(H,18,20)(H,16,17,19). The number of ether oxygens (including phenoxy) is 1. The summed E-state index contributed by atoms with van der Waals surface area (Å²) in [6.45, 7) is 0. The third-order valence-corrected chi connectivity index (χ3v) is 4.84. The molecule has 1 heterocycles. The number of benzene rings is 1. The van der Waals surface area contributed by atoms with Gasteiger partial charge in [-0.25, -0.2) is 18.4 Å². The maximum atomic E-state index is 12.4. The van der Waals surface area contributed by atoms with Gasteiger partial charge in [-0.3, -0.25) is 9.52 Å². The van der Waals surface area contributed by atoms with Gasteiger partial charge in [-0.15, -0.1) is 0 Å². The molecule has 3 rings (SSSR count). The van der Waals surface area contributed by atoms with Crippen LogP contribution in [0, 0.1) is 5.92 Å². The lowest BCUT2D eigenvalue weighted by atomic mass is 10.3. The molecule has 1 aromatic heterocycles. The fourth-order valence-electron chi connectivity index (χ4n) is 2.01. The van der Waals surface area contributed by atoms with Crippen molar-refractivity contribution in [2.45, 2.75) is 17.7 Å². The molecule has 1 aliphatic rings. The predicted molar refractivity (Wildman–Crippen MR) is 87.2 cm³/mol. The number of hydrogen-bond donors (Lipinski definition) is 2. The molecular weight excluding hydrogens is 332 g/mol. The molecule has 8 nitrogen and oxygen atoms in total. The van der Waals surface area contributed by atoms with E-state index in [9.17, 15) is 13.2 Å². The summed E-state index contributed by atoms with van der Waals surface area (Å²) >= 11 is 0. The van der Waals surface area contributed by atoms with E-state index in [-0.39, 0.29) is 28.4 Å². The van der Waals surface area contributed by atoms with Crippen LogP contribution in [0.25, 0.3) is 0 Å². The smallest absolute Gasteiger partial charge is 0.263 e. The van der Waals surface area contributed by atoms with Gasteiger partial charge in [0.25, 0.3) is 10.0 Å². The summed E-state index contributed by atoms with van der Waals surface area (Å²) in [5.41, 5.74) is 0.564. The number of nitrogens with zero attached hydrogens (tertiary/aromatic N) is 2. The number of hydrogen-bond acceptors (Lipinski definition) is 6. The highest BCUT2D eigenvalue weighted by atomic mass is 32.2. The first kappa shape index (κ1) is 16.2. The van der Waals surface area contributed by atoms with Gasteiger partial charge in [0.05, 0.1) is 12.0 Å². The minimum absolute atomic E-state index is 0.0307. The van der Waals surface area contributed by atoms with Gasteiger partial charge in [0.2, 0.25) is 11.8 Å². The van der Waals surface area contributed by atoms with Crippen LogP contribution in [0.15, 0.2) is 41.6 Å². The Morgan fingerprint density at radius 1 is 1.21 bits per heavy atom. The van der Waals surface area contributed by atoms with Gasteiger partial charge < -0.3 is 10.1 Å². The molecule has 1 aliphatic carbocycles. The van der Waals surface area contributed by atoms with E-state index in [1.807, 2.05) is 0 Å². The fourth-order valence-corrected chi connectivity index (χ4v) is 3.01. The van der Waals surface area contributed by atoms with Gasteiger partial charge in [0, 0.05) is 17.7 Å². The fraction of sp³-hybridized carbons (Fsp3) is 0.267. The Kier molecular flexibility index (Phi) is 4.34. The topological polar surface area (TPSA) is 110 Å². The number of sulfonamides is 1. The zero-order chi connectivity index (χ0) is 17.2. The summed E-state index contributed by atoms with van der Waals surface area (Å²) < 4.78 is 32.0. The van der Waals surface area contributed by atoms with Crippen LogP contribution in [0.3, 0.4) is 0 Å². The maximum Gasteiger partial charge on any atom is 0.263 e. The lowest BCUT2D eigenvalue weighted by Crippen LogP contribution is -2.15. The lowest BCUT2D eigenvalue weighted by molar-refractivity contribution is -0.117. The molecular formula is C15H16N4O4S. The van der Waals surface area contributed by atoms with Gasteiger partial charge in [0.1, 0.15) is 12.1 Å². The predicted octanol–water partition coefficient (Wildman–Crippen LogP) is 1.63. The van der Waals surface area contributed by atoms with Crippen LogP contribution in [0.4, 0.5) is 11.5 Å². The van der Waals surface area contributed by atoms with Crippen LogP contribution < -0.4 is 14.8 Å². The van der Waals surface area contributed by atoms with Crippen LogP contribution in [-0.4, -0.2) is 31.4 Å². The largest absolute Gasteiger partial charge is 0.481 e. The van der Waals surface area contributed by atoms with E-state index in [0.29, 0.717) is 5.69 Å². The first-order valence-corrected chi connectivity index (χ1v) is 8.76. The van der Waals surface area contributed by atoms with Crippen molar-refractivity contribution in [1.29, 1.82) is 0 Å². The molecule has 0 unspecified atom stereocenters. The van der Waals surface area contributed by atoms with Crippen LogP contribution in [0.5, 0.6) is 5.88 Å². The van der Waals surface area contributed by atoms with Gasteiger partial charge in [-0.1, -0.05) is 0 Å². The van der Waals surface area contributed by atoms with Gasteiger partial charge in [-0.05, 0) is 37.1 Å². The second kappa shape index (κ2) is 6.44. The molecule has 0 aliphatic heterocycles. The van der Waals surface area contributed by atoms with E-state index < -0.39 is 10.0 Å². The molecule has 1 amide bonds. The van der Waals surface area contributed by atoms with Crippen molar-refractivity contribution < 1.29 is 17.9 Å². The van der Waals surface area contributed by atoms with E-state index in [1.54, 1.807) is 12.1 Å². The summed E-state index contributed by atoms with van der Waals surface area (Å²) in [5.74, 6) is 0.411. The highest BCUT2D eigenvalue weighted by Crippen LogP contribution is 2.30. The van der Waals surface area contributed by atoms with Gasteiger partial charge >= 0.3 is 0 Å². The van der Waals surface area contributed by atoms with Crippen molar-refractivity contribution in [3.8, 4) is 5.88 Å². The number of nitrogens with one attached hydrogen (secondary N) is 2. The summed E-state index contributed by atoms with van der Waals surface area (Å²) in [6, 6.07) is 7.32. The number of methoxy groups -OCH3 is 1. The zero-order valence-electron chi connectivity index (χ0n) is 12.9. The monoisotopic (exact) mass is 348 g/mol. The number of carbonyl (C=O) groups is 1. The lowest BCUT2D eigenvalue weighted by Gasteiger charge is -2.09. The SMILES string of the molecule is COc1cc(NS(=O)(=O)c2ccc(NC(=O)C3CC3)cc2)ncn1. The molecule has 9 heteroatoms. The van der Waals surface area contributed by atoms with E-state index in [4.69, 9.17) is 4.74 Å². The first-order chi connectivity index (χ1) is 11.5. The highest BCUT2D eigenvalue weighted by molar-refractivity contribution is 7.92. The molecule has 0 spiro atoms. The van der Waals surface area contributed by atoms with Crippen molar-refractivity contribution in [2.24, 2.45) is 5.92 Å². The van der Waals surface area contributed by atoms with Crippen LogP contribution in [-0.2, 0) is 14.8 Å². The van der Waals surface area contributed by atoms with Crippen LogP contribution >= 0.6 is 0 Å². The summed E-state index contributed by atoms with van der Waals surface area (Å²) in [7, 11) is -2.37. The molecule has 0 atom stereocenters. The Morgan fingerprint density at radius 3 is 2.54 bits per heavy atom. The quantitative estimate of drug-likeness (QED) is 0.821. The molecule has 0 bridgehead atoms. The normalized spacial score (nSPS) is 14.0. The number of carbonyl (C=O) groups excluding carboxylic acids is 1. The van der Waals surface area contributed by atoms with Crippen molar-refractivity contribution >= 4 is 27.4 Å². The second-order valence-corrected chi connectivity index (χ2v) is 7.02. The maximum absolute atomic E-state index is 12.4. The molecule has 2 N–H and O–H groups in total. The average Bonchev–Trinajstić information content (AvgIpc) is 3.40. The van der Waals surface area contributed by atoms with Crippen LogP contribution in [0.1, 0.15) is 12.8 Å². The molecule has 0 radical (unpaired) electrons. The van der Waals surface area contributed by atoms with E-state index >= 15 is 0 Å². The van der Waals surface area contributed by atoms with E-state index in [0.717, 1.165) is 12.8 Å². The Labute approximate surface area is 139 Å². The number of amides is 1. The Bertz CT molecular complexity index is 848. The minimum atomic E-state index is -3.80. The molecule has 1 fully saturated rings. The second-order valence-electron chi connectivity index (χ2n) is 5.34. The summed E-state index contributed by atoms with van der Waals surface area (Å²) in [6.07, 6.45) is 3.02. The Hall–Kier alpha value is -2.68. The van der Waals surface area contributed by atoms with Gasteiger partial charge in [-0.2, -0.15) is 0 Å². The van der Waals surface area contributed by atoms with Crippen molar-refractivity contribution in [3.05, 3.63) is 36.7 Å². The van der Waals surface area contributed by atoms with E-state index in [2.05, 4.69) is 20.0 Å². The molecule has 24 heavy (non-hydrogen) atoms. The molecule has 2 aromatic rings.